The summed E-state index contributed by atoms with van der Waals surface area (Å²) in [6, 6.07) is 11.4. The van der Waals surface area contributed by atoms with Crippen LogP contribution in [0.5, 0.6) is 0 Å². The topological polar surface area (TPSA) is 53.6 Å². The predicted octanol–water partition coefficient (Wildman–Crippen LogP) is 3.35. The van der Waals surface area contributed by atoms with E-state index < -0.39 is 0 Å². The highest BCUT2D eigenvalue weighted by molar-refractivity contribution is 6.30. The number of benzene rings is 1. The smallest absolute Gasteiger partial charge is 0.206 e. The summed E-state index contributed by atoms with van der Waals surface area (Å²) in [6.45, 7) is 0. The quantitative estimate of drug-likeness (QED) is 0.727. The molecular formula is C12H9ClN4. The number of nitrogens with zero attached hydrogens (tertiary/aromatic N) is 2. The summed E-state index contributed by atoms with van der Waals surface area (Å²) in [7, 11) is 0. The first-order valence-corrected chi connectivity index (χ1v) is 5.52. The fourth-order valence-electron chi connectivity index (χ4n) is 1.58. The molecule has 0 bridgehead atoms. The summed E-state index contributed by atoms with van der Waals surface area (Å²) in [5.41, 5.74) is 1.91. The summed E-state index contributed by atoms with van der Waals surface area (Å²) >= 11 is 5.77. The Hall–Kier alpha value is -2.07. The number of para-hydroxylation sites is 2. The SMILES string of the molecule is Clc1ccc(Nc2nc3ccccc3[nH]2)nc1. The van der Waals surface area contributed by atoms with Crippen LogP contribution in [0.1, 0.15) is 0 Å². The Balaban J connectivity index is 1.92. The van der Waals surface area contributed by atoms with Crippen LogP contribution in [0.2, 0.25) is 5.02 Å². The molecule has 3 aromatic rings. The van der Waals surface area contributed by atoms with Crippen molar-refractivity contribution >= 4 is 34.4 Å². The van der Waals surface area contributed by atoms with Gasteiger partial charge in [0, 0.05) is 6.20 Å². The molecule has 2 aromatic heterocycles. The average molecular weight is 245 g/mol. The van der Waals surface area contributed by atoms with Crippen LogP contribution in [0, 0.1) is 0 Å². The van der Waals surface area contributed by atoms with Gasteiger partial charge in [0.1, 0.15) is 5.82 Å². The molecule has 0 unspecified atom stereocenters. The number of fused-ring (bicyclic) bond motifs is 1. The van der Waals surface area contributed by atoms with Crippen LogP contribution in [-0.4, -0.2) is 15.0 Å². The van der Waals surface area contributed by atoms with Crippen molar-refractivity contribution < 1.29 is 0 Å². The van der Waals surface area contributed by atoms with Crippen LogP contribution in [0.15, 0.2) is 42.6 Å². The number of aromatic nitrogens is 3. The van der Waals surface area contributed by atoms with Gasteiger partial charge in [0.25, 0.3) is 0 Å². The lowest BCUT2D eigenvalue weighted by Crippen LogP contribution is -1.94. The van der Waals surface area contributed by atoms with Gasteiger partial charge in [0.05, 0.1) is 16.1 Å². The van der Waals surface area contributed by atoms with Gasteiger partial charge in [-0.25, -0.2) is 9.97 Å². The van der Waals surface area contributed by atoms with E-state index in [1.165, 1.54) is 0 Å². The van der Waals surface area contributed by atoms with Crippen LogP contribution in [-0.2, 0) is 0 Å². The number of H-pyrrole nitrogens is 1. The van der Waals surface area contributed by atoms with Gasteiger partial charge >= 0.3 is 0 Å². The first-order chi connectivity index (χ1) is 8.31. The lowest BCUT2D eigenvalue weighted by molar-refractivity contribution is 1.24. The van der Waals surface area contributed by atoms with Crippen molar-refractivity contribution in [2.45, 2.75) is 0 Å². The third-order valence-electron chi connectivity index (χ3n) is 2.36. The molecule has 3 rings (SSSR count). The zero-order chi connectivity index (χ0) is 11.7. The molecule has 0 fully saturated rings. The fraction of sp³-hybridized carbons (Fsp3) is 0. The van der Waals surface area contributed by atoms with Gasteiger partial charge in [0.2, 0.25) is 5.95 Å². The predicted molar refractivity (Wildman–Crippen MR) is 68.6 cm³/mol. The number of anilines is 2. The molecule has 0 atom stereocenters. The van der Waals surface area contributed by atoms with Crippen molar-refractivity contribution in [1.82, 2.24) is 15.0 Å². The number of pyridine rings is 1. The molecule has 2 N–H and O–H groups in total. The second kappa shape index (κ2) is 4.07. The number of imidazole rings is 1. The molecule has 0 amide bonds. The molecule has 0 saturated carbocycles. The van der Waals surface area contributed by atoms with Crippen molar-refractivity contribution in [3.8, 4) is 0 Å². The van der Waals surface area contributed by atoms with Gasteiger partial charge < -0.3 is 10.3 Å². The lowest BCUT2D eigenvalue weighted by Gasteiger charge is -2.00. The van der Waals surface area contributed by atoms with E-state index in [1.54, 1.807) is 18.3 Å². The van der Waals surface area contributed by atoms with Gasteiger partial charge in [-0.05, 0) is 24.3 Å². The molecule has 0 aliphatic rings. The number of hydrogen-bond donors (Lipinski definition) is 2. The van der Waals surface area contributed by atoms with E-state index in [9.17, 15) is 0 Å². The molecule has 0 spiro atoms. The Kier molecular flexibility index (Phi) is 2.42. The second-order valence-corrected chi connectivity index (χ2v) is 4.03. The second-order valence-electron chi connectivity index (χ2n) is 3.59. The van der Waals surface area contributed by atoms with Crippen molar-refractivity contribution in [2.75, 3.05) is 5.32 Å². The van der Waals surface area contributed by atoms with E-state index >= 15 is 0 Å². The molecule has 0 aliphatic carbocycles. The molecule has 1 aromatic carbocycles. The van der Waals surface area contributed by atoms with E-state index in [0.717, 1.165) is 11.0 Å². The highest BCUT2D eigenvalue weighted by Crippen LogP contribution is 2.17. The standard InChI is InChI=1S/C12H9ClN4/c13-8-5-6-11(14-7-8)17-12-15-9-3-1-2-4-10(9)16-12/h1-7H,(H2,14,15,16,17). The van der Waals surface area contributed by atoms with Crippen LogP contribution in [0.25, 0.3) is 11.0 Å². The Labute approximate surface area is 103 Å². The molecule has 0 radical (unpaired) electrons. The Morgan fingerprint density at radius 2 is 2.00 bits per heavy atom. The van der Waals surface area contributed by atoms with E-state index in [0.29, 0.717) is 16.8 Å². The minimum Gasteiger partial charge on any atom is -0.324 e. The van der Waals surface area contributed by atoms with E-state index in [2.05, 4.69) is 20.3 Å². The van der Waals surface area contributed by atoms with Crippen molar-refractivity contribution in [2.24, 2.45) is 0 Å². The summed E-state index contributed by atoms with van der Waals surface area (Å²) in [5.74, 6) is 1.37. The third kappa shape index (κ3) is 2.07. The zero-order valence-corrected chi connectivity index (χ0v) is 9.57. The van der Waals surface area contributed by atoms with Crippen LogP contribution >= 0.6 is 11.6 Å². The van der Waals surface area contributed by atoms with Gasteiger partial charge in [-0.3, -0.25) is 0 Å². The lowest BCUT2D eigenvalue weighted by atomic mass is 10.3. The monoisotopic (exact) mass is 244 g/mol. The molecule has 5 heteroatoms. The van der Waals surface area contributed by atoms with E-state index in [1.807, 2.05) is 24.3 Å². The largest absolute Gasteiger partial charge is 0.324 e. The van der Waals surface area contributed by atoms with Crippen molar-refractivity contribution in [3.05, 3.63) is 47.6 Å². The molecule has 17 heavy (non-hydrogen) atoms. The normalized spacial score (nSPS) is 10.6. The van der Waals surface area contributed by atoms with E-state index in [4.69, 9.17) is 11.6 Å². The summed E-state index contributed by atoms with van der Waals surface area (Å²) in [4.78, 5) is 11.7. The first-order valence-electron chi connectivity index (χ1n) is 5.14. The van der Waals surface area contributed by atoms with Crippen molar-refractivity contribution in [3.63, 3.8) is 0 Å². The number of hydrogen-bond acceptors (Lipinski definition) is 3. The average Bonchev–Trinajstić information content (AvgIpc) is 2.74. The molecular weight excluding hydrogens is 236 g/mol. The maximum Gasteiger partial charge on any atom is 0.206 e. The Bertz CT molecular complexity index is 612. The zero-order valence-electron chi connectivity index (χ0n) is 8.81. The highest BCUT2D eigenvalue weighted by Gasteiger charge is 2.02. The van der Waals surface area contributed by atoms with E-state index in [-0.39, 0.29) is 0 Å². The summed E-state index contributed by atoms with van der Waals surface area (Å²) in [6.07, 6.45) is 1.59. The number of rotatable bonds is 2. The summed E-state index contributed by atoms with van der Waals surface area (Å²) in [5, 5.41) is 3.70. The van der Waals surface area contributed by atoms with Crippen molar-refractivity contribution in [1.29, 1.82) is 0 Å². The van der Waals surface area contributed by atoms with Gasteiger partial charge in [-0.15, -0.1) is 0 Å². The molecule has 0 saturated heterocycles. The number of halogens is 1. The Morgan fingerprint density at radius 3 is 2.76 bits per heavy atom. The molecule has 0 aliphatic heterocycles. The maximum absolute atomic E-state index is 5.77. The van der Waals surface area contributed by atoms with Gasteiger partial charge in [-0.1, -0.05) is 23.7 Å². The van der Waals surface area contributed by atoms with Gasteiger partial charge in [0.15, 0.2) is 0 Å². The van der Waals surface area contributed by atoms with Gasteiger partial charge in [-0.2, -0.15) is 0 Å². The third-order valence-corrected chi connectivity index (χ3v) is 2.59. The first kappa shape index (κ1) is 10.1. The minimum atomic E-state index is 0.611. The number of nitrogens with one attached hydrogen (secondary N) is 2. The highest BCUT2D eigenvalue weighted by atomic mass is 35.5. The van der Waals surface area contributed by atoms with Crippen LogP contribution < -0.4 is 5.32 Å². The minimum absolute atomic E-state index is 0.611. The number of aromatic amines is 1. The molecule has 2 heterocycles. The Morgan fingerprint density at radius 1 is 1.12 bits per heavy atom. The molecule has 84 valence electrons. The summed E-state index contributed by atoms with van der Waals surface area (Å²) < 4.78 is 0. The van der Waals surface area contributed by atoms with Crippen LogP contribution in [0.4, 0.5) is 11.8 Å². The van der Waals surface area contributed by atoms with Crippen LogP contribution in [0.3, 0.4) is 0 Å². The maximum atomic E-state index is 5.77. The molecule has 4 nitrogen and oxygen atoms in total. The fourth-order valence-corrected chi connectivity index (χ4v) is 1.69.